The molecule has 2 rings (SSSR count). The maximum atomic E-state index is 4.60. The molecule has 0 unspecified atom stereocenters. The summed E-state index contributed by atoms with van der Waals surface area (Å²) in [5.74, 6) is 3.64. The van der Waals surface area contributed by atoms with Crippen molar-refractivity contribution in [2.24, 2.45) is 10.9 Å². The average molecular weight is 406 g/mol. The van der Waals surface area contributed by atoms with Gasteiger partial charge in [-0.2, -0.15) is 0 Å². The van der Waals surface area contributed by atoms with Crippen LogP contribution in [0.4, 0.5) is 0 Å². The zero-order valence-electron chi connectivity index (χ0n) is 13.2. The molecule has 1 aromatic rings. The summed E-state index contributed by atoms with van der Waals surface area (Å²) in [6, 6.07) is 0. The third kappa shape index (κ3) is 5.44. The highest BCUT2D eigenvalue weighted by atomic mass is 127. The van der Waals surface area contributed by atoms with Crippen molar-refractivity contribution in [2.75, 3.05) is 13.1 Å². The molecule has 0 spiro atoms. The minimum Gasteiger partial charge on any atom is -0.357 e. The summed E-state index contributed by atoms with van der Waals surface area (Å²) in [5.41, 5.74) is 0. The number of rotatable bonds is 6. The third-order valence-electron chi connectivity index (χ3n) is 3.42. The topological polar surface area (TPSA) is 67.1 Å². The van der Waals surface area contributed by atoms with Crippen LogP contribution in [-0.4, -0.2) is 33.8 Å². The van der Waals surface area contributed by atoms with Gasteiger partial charge in [-0.05, 0) is 25.7 Å². The molecular formula is C14H27IN6. The fourth-order valence-electron chi connectivity index (χ4n) is 2.30. The first-order valence-electron chi connectivity index (χ1n) is 7.63. The van der Waals surface area contributed by atoms with Gasteiger partial charge in [-0.1, -0.05) is 13.8 Å². The van der Waals surface area contributed by atoms with Crippen LogP contribution >= 0.6 is 24.0 Å². The smallest absolute Gasteiger partial charge is 0.191 e. The van der Waals surface area contributed by atoms with Gasteiger partial charge in [0, 0.05) is 26.1 Å². The second-order valence-corrected chi connectivity index (χ2v) is 5.59. The van der Waals surface area contributed by atoms with Gasteiger partial charge in [-0.3, -0.25) is 0 Å². The zero-order chi connectivity index (χ0) is 14.4. The molecule has 21 heavy (non-hydrogen) atoms. The Bertz CT molecular complexity index is 454. The quantitative estimate of drug-likeness (QED) is 0.431. The molecule has 2 N–H and O–H groups in total. The number of hydrogen-bond acceptors (Lipinski definition) is 3. The number of nitrogens with zero attached hydrogens (tertiary/aromatic N) is 4. The lowest BCUT2D eigenvalue weighted by atomic mass is 10.1. The second-order valence-electron chi connectivity index (χ2n) is 5.59. The Balaban J connectivity index is 0.00000220. The first-order chi connectivity index (χ1) is 9.70. The van der Waals surface area contributed by atoms with Crippen molar-refractivity contribution in [3.8, 4) is 0 Å². The van der Waals surface area contributed by atoms with Gasteiger partial charge in [-0.25, -0.2) is 4.99 Å². The second kappa shape index (κ2) is 9.22. The molecule has 0 saturated heterocycles. The van der Waals surface area contributed by atoms with Gasteiger partial charge < -0.3 is 15.2 Å². The van der Waals surface area contributed by atoms with E-state index in [-0.39, 0.29) is 24.0 Å². The maximum Gasteiger partial charge on any atom is 0.191 e. The first kappa shape index (κ1) is 18.2. The van der Waals surface area contributed by atoms with Crippen molar-refractivity contribution in [1.82, 2.24) is 25.4 Å². The normalized spacial score (nSPS) is 14.0. The predicted octanol–water partition coefficient (Wildman–Crippen LogP) is 1.94. The Morgan fingerprint density at radius 2 is 2.14 bits per heavy atom. The van der Waals surface area contributed by atoms with Gasteiger partial charge in [0.05, 0.1) is 0 Å². The van der Waals surface area contributed by atoms with Gasteiger partial charge in [0.15, 0.2) is 11.8 Å². The summed E-state index contributed by atoms with van der Waals surface area (Å²) < 4.78 is 2.20. The lowest BCUT2D eigenvalue weighted by molar-refractivity contribution is 0.573. The van der Waals surface area contributed by atoms with Crippen LogP contribution in [-0.2, 0) is 19.5 Å². The van der Waals surface area contributed by atoms with E-state index in [1.807, 2.05) is 0 Å². The van der Waals surface area contributed by atoms with Crippen LogP contribution < -0.4 is 10.6 Å². The third-order valence-corrected chi connectivity index (χ3v) is 3.42. The molecule has 0 fully saturated rings. The molecule has 0 saturated carbocycles. The van der Waals surface area contributed by atoms with Gasteiger partial charge in [0.1, 0.15) is 12.4 Å². The monoisotopic (exact) mass is 406 g/mol. The van der Waals surface area contributed by atoms with Crippen LogP contribution in [0, 0.1) is 5.92 Å². The van der Waals surface area contributed by atoms with E-state index in [1.54, 1.807) is 0 Å². The average Bonchev–Trinajstić information content (AvgIpc) is 2.98. The lowest BCUT2D eigenvalue weighted by Gasteiger charge is -2.12. The van der Waals surface area contributed by atoms with E-state index in [2.05, 4.69) is 51.2 Å². The van der Waals surface area contributed by atoms with Crippen LogP contribution in [0.2, 0.25) is 0 Å². The highest BCUT2D eigenvalue weighted by Gasteiger charge is 2.16. The predicted molar refractivity (Wildman–Crippen MR) is 96.0 cm³/mol. The molecule has 0 radical (unpaired) electrons. The van der Waals surface area contributed by atoms with E-state index < -0.39 is 0 Å². The minimum absolute atomic E-state index is 0. The molecule has 1 aliphatic rings. The van der Waals surface area contributed by atoms with E-state index in [0.29, 0.717) is 12.5 Å². The van der Waals surface area contributed by atoms with Crippen molar-refractivity contribution >= 4 is 29.9 Å². The number of halogens is 1. The molecule has 6 nitrogen and oxygen atoms in total. The summed E-state index contributed by atoms with van der Waals surface area (Å²) in [7, 11) is 0. The fourth-order valence-corrected chi connectivity index (χ4v) is 2.30. The Morgan fingerprint density at radius 3 is 2.86 bits per heavy atom. The fraction of sp³-hybridized carbons (Fsp3) is 0.786. The summed E-state index contributed by atoms with van der Waals surface area (Å²) in [5, 5.41) is 15.1. The van der Waals surface area contributed by atoms with Crippen molar-refractivity contribution in [3.05, 3.63) is 11.6 Å². The standard InChI is InChI=1S/C14H26N6.HI/c1-4-15-14(16-8-7-11(2)3)17-10-13-19-18-12-6-5-9-20(12)13;/h11H,4-10H2,1-3H3,(H2,15,16,17);1H. The largest absolute Gasteiger partial charge is 0.357 e. The lowest BCUT2D eigenvalue weighted by Crippen LogP contribution is -2.38. The number of aliphatic imine (C=N–C) groups is 1. The highest BCUT2D eigenvalue weighted by Crippen LogP contribution is 2.14. The van der Waals surface area contributed by atoms with E-state index in [1.165, 1.54) is 6.42 Å². The molecular weight excluding hydrogens is 379 g/mol. The molecule has 1 aliphatic heterocycles. The summed E-state index contributed by atoms with van der Waals surface area (Å²) in [6.07, 6.45) is 3.36. The number of nitrogens with one attached hydrogen (secondary N) is 2. The maximum absolute atomic E-state index is 4.60. The molecule has 7 heteroatoms. The molecule has 0 atom stereocenters. The summed E-state index contributed by atoms with van der Waals surface area (Å²) in [4.78, 5) is 4.60. The van der Waals surface area contributed by atoms with Crippen molar-refractivity contribution in [1.29, 1.82) is 0 Å². The summed E-state index contributed by atoms with van der Waals surface area (Å²) >= 11 is 0. The number of aromatic nitrogens is 3. The number of guanidine groups is 1. The molecule has 2 heterocycles. The molecule has 120 valence electrons. The highest BCUT2D eigenvalue weighted by molar-refractivity contribution is 14.0. The van der Waals surface area contributed by atoms with Crippen LogP contribution in [0.15, 0.2) is 4.99 Å². The van der Waals surface area contributed by atoms with E-state index in [9.17, 15) is 0 Å². The van der Waals surface area contributed by atoms with Gasteiger partial charge >= 0.3 is 0 Å². The summed E-state index contributed by atoms with van der Waals surface area (Å²) in [6.45, 7) is 9.96. The SMILES string of the molecule is CCNC(=NCc1nnc2n1CCC2)NCCC(C)C.I. The van der Waals surface area contributed by atoms with E-state index in [4.69, 9.17) is 0 Å². The van der Waals surface area contributed by atoms with Crippen molar-refractivity contribution in [3.63, 3.8) is 0 Å². The van der Waals surface area contributed by atoms with Gasteiger partial charge in [0.2, 0.25) is 0 Å². The minimum atomic E-state index is 0. The molecule has 0 aliphatic carbocycles. The number of aryl methyl sites for hydroxylation is 1. The molecule has 0 amide bonds. The van der Waals surface area contributed by atoms with Crippen LogP contribution in [0.25, 0.3) is 0 Å². The first-order valence-corrected chi connectivity index (χ1v) is 7.63. The Labute approximate surface area is 144 Å². The van der Waals surface area contributed by atoms with Crippen LogP contribution in [0.5, 0.6) is 0 Å². The van der Waals surface area contributed by atoms with Gasteiger partial charge in [0.25, 0.3) is 0 Å². The Kier molecular flexibility index (Phi) is 7.98. The van der Waals surface area contributed by atoms with Crippen LogP contribution in [0.3, 0.4) is 0 Å². The zero-order valence-corrected chi connectivity index (χ0v) is 15.6. The molecule has 0 bridgehead atoms. The van der Waals surface area contributed by atoms with Crippen molar-refractivity contribution < 1.29 is 0 Å². The Morgan fingerprint density at radius 1 is 1.33 bits per heavy atom. The molecule has 1 aromatic heterocycles. The van der Waals surface area contributed by atoms with Crippen LogP contribution in [0.1, 0.15) is 45.3 Å². The van der Waals surface area contributed by atoms with Crippen molar-refractivity contribution in [2.45, 2.75) is 53.1 Å². The van der Waals surface area contributed by atoms with E-state index >= 15 is 0 Å². The number of fused-ring (bicyclic) bond motifs is 1. The Hall–Kier alpha value is -0.860. The van der Waals surface area contributed by atoms with E-state index in [0.717, 1.165) is 50.1 Å². The molecule has 0 aromatic carbocycles. The number of hydrogen-bond donors (Lipinski definition) is 2. The van der Waals surface area contributed by atoms with Gasteiger partial charge in [-0.15, -0.1) is 34.2 Å².